The van der Waals surface area contributed by atoms with Gasteiger partial charge in [0.15, 0.2) is 0 Å². The summed E-state index contributed by atoms with van der Waals surface area (Å²) in [5.41, 5.74) is 0. The molecule has 0 spiro atoms. The second-order valence-electron chi connectivity index (χ2n) is 3.97. The molecular formula is C9H18F3NO3S. The molecule has 1 N–H and O–H groups in total. The van der Waals surface area contributed by atoms with Gasteiger partial charge >= 0.3 is 6.18 Å². The molecule has 0 saturated carbocycles. The normalized spacial score (nSPS) is 14.9. The van der Waals surface area contributed by atoms with Crippen LogP contribution in [0, 0.1) is 0 Å². The highest BCUT2D eigenvalue weighted by atomic mass is 32.2. The van der Waals surface area contributed by atoms with Gasteiger partial charge in [0, 0.05) is 18.9 Å². The lowest BCUT2D eigenvalue weighted by Gasteiger charge is -2.12. The molecule has 4 nitrogen and oxygen atoms in total. The molecule has 0 fully saturated rings. The monoisotopic (exact) mass is 277 g/mol. The fourth-order valence-electron chi connectivity index (χ4n) is 1.22. The molecule has 0 aliphatic rings. The summed E-state index contributed by atoms with van der Waals surface area (Å²) in [6, 6.07) is -0.215. The van der Waals surface area contributed by atoms with Gasteiger partial charge in [-0.05, 0) is 19.9 Å². The van der Waals surface area contributed by atoms with Crippen LogP contribution in [0.25, 0.3) is 0 Å². The maximum atomic E-state index is 11.7. The first-order valence-corrected chi connectivity index (χ1v) is 7.22. The minimum atomic E-state index is -4.29. The highest BCUT2D eigenvalue weighted by molar-refractivity contribution is 7.90. The van der Waals surface area contributed by atoms with Crippen molar-refractivity contribution in [3.63, 3.8) is 0 Å². The van der Waals surface area contributed by atoms with Crippen molar-refractivity contribution < 1.29 is 26.3 Å². The molecule has 1 unspecified atom stereocenters. The Morgan fingerprint density at radius 3 is 2.41 bits per heavy atom. The van der Waals surface area contributed by atoms with Gasteiger partial charge in [0.25, 0.3) is 0 Å². The van der Waals surface area contributed by atoms with Crippen molar-refractivity contribution in [3.05, 3.63) is 0 Å². The van der Waals surface area contributed by atoms with Crippen molar-refractivity contribution in [1.82, 2.24) is 5.32 Å². The molecule has 1 atom stereocenters. The summed E-state index contributed by atoms with van der Waals surface area (Å²) < 4.78 is 61.2. The summed E-state index contributed by atoms with van der Waals surface area (Å²) >= 11 is 0. The van der Waals surface area contributed by atoms with Crippen LogP contribution in [0.4, 0.5) is 13.2 Å². The summed E-state index contributed by atoms with van der Waals surface area (Å²) in [5, 5.41) is 2.90. The number of alkyl halides is 3. The van der Waals surface area contributed by atoms with E-state index in [1.165, 1.54) is 0 Å². The predicted molar refractivity (Wildman–Crippen MR) is 58.7 cm³/mol. The van der Waals surface area contributed by atoms with Gasteiger partial charge in [0.05, 0.1) is 5.75 Å². The molecule has 0 amide bonds. The van der Waals surface area contributed by atoms with Crippen LogP contribution in [0.5, 0.6) is 0 Å². The fourth-order valence-corrected chi connectivity index (χ4v) is 2.25. The number of hydrogen-bond acceptors (Lipinski definition) is 4. The first kappa shape index (κ1) is 16.7. The number of ether oxygens (including phenoxy) is 1. The van der Waals surface area contributed by atoms with Gasteiger partial charge < -0.3 is 10.1 Å². The Labute approximate surface area is 99.4 Å². The van der Waals surface area contributed by atoms with Crippen molar-refractivity contribution in [2.24, 2.45) is 0 Å². The maximum Gasteiger partial charge on any atom is 0.411 e. The lowest BCUT2D eigenvalue weighted by Crippen LogP contribution is -2.33. The van der Waals surface area contributed by atoms with Crippen LogP contribution >= 0.6 is 0 Å². The van der Waals surface area contributed by atoms with Gasteiger partial charge in [-0.2, -0.15) is 13.2 Å². The van der Waals surface area contributed by atoms with E-state index < -0.39 is 22.6 Å². The zero-order valence-electron chi connectivity index (χ0n) is 9.88. The van der Waals surface area contributed by atoms with Crippen LogP contribution in [-0.4, -0.2) is 52.4 Å². The summed E-state index contributed by atoms with van der Waals surface area (Å²) in [6.45, 7) is 0.885. The van der Waals surface area contributed by atoms with Crippen LogP contribution in [0.2, 0.25) is 0 Å². The maximum absolute atomic E-state index is 11.7. The lowest BCUT2D eigenvalue weighted by molar-refractivity contribution is -0.173. The highest BCUT2D eigenvalue weighted by Crippen LogP contribution is 2.14. The standard InChI is InChI=1S/C9H18F3NO3S/c1-8(6-17(2,14)15)13-4-3-5-16-7-9(10,11)12/h8,13H,3-7H2,1-2H3. The molecule has 0 rings (SSSR count). The van der Waals surface area contributed by atoms with E-state index in [0.29, 0.717) is 13.0 Å². The van der Waals surface area contributed by atoms with Gasteiger partial charge in [0.1, 0.15) is 16.4 Å². The Hall–Kier alpha value is -0.340. The lowest BCUT2D eigenvalue weighted by atomic mass is 10.3. The number of nitrogens with one attached hydrogen (secondary N) is 1. The van der Waals surface area contributed by atoms with E-state index >= 15 is 0 Å². The van der Waals surface area contributed by atoms with Crippen molar-refractivity contribution in [1.29, 1.82) is 0 Å². The van der Waals surface area contributed by atoms with E-state index in [9.17, 15) is 21.6 Å². The predicted octanol–water partition coefficient (Wildman–Crippen LogP) is 0.978. The van der Waals surface area contributed by atoms with Gasteiger partial charge in [-0.15, -0.1) is 0 Å². The number of rotatable bonds is 8. The second-order valence-corrected chi connectivity index (χ2v) is 6.15. The quantitative estimate of drug-likeness (QED) is 0.672. The summed E-state index contributed by atoms with van der Waals surface area (Å²) in [5.74, 6) is 0.0103. The van der Waals surface area contributed by atoms with Crippen molar-refractivity contribution in [3.8, 4) is 0 Å². The van der Waals surface area contributed by atoms with Crippen LogP contribution < -0.4 is 5.32 Å². The number of hydrogen-bond donors (Lipinski definition) is 1. The smallest absolute Gasteiger partial charge is 0.372 e. The van der Waals surface area contributed by atoms with E-state index in [4.69, 9.17) is 0 Å². The molecule has 0 aliphatic carbocycles. The molecule has 0 aromatic rings. The largest absolute Gasteiger partial charge is 0.411 e. The molecule has 0 aromatic carbocycles. The van der Waals surface area contributed by atoms with Crippen LogP contribution in [0.1, 0.15) is 13.3 Å². The van der Waals surface area contributed by atoms with Gasteiger partial charge in [-0.3, -0.25) is 0 Å². The SMILES string of the molecule is CC(CS(C)(=O)=O)NCCCOCC(F)(F)F. The van der Waals surface area contributed by atoms with Gasteiger partial charge in [0.2, 0.25) is 0 Å². The fraction of sp³-hybridized carbons (Fsp3) is 1.00. The Bertz CT molecular complexity index is 303. The summed E-state index contributed by atoms with van der Waals surface area (Å²) in [6.07, 6.45) is -2.75. The molecule has 0 radical (unpaired) electrons. The van der Waals surface area contributed by atoms with E-state index in [-0.39, 0.29) is 18.4 Å². The van der Waals surface area contributed by atoms with Crippen molar-refractivity contribution in [2.45, 2.75) is 25.6 Å². The molecule has 17 heavy (non-hydrogen) atoms. The third-order valence-corrected chi connectivity index (χ3v) is 2.88. The highest BCUT2D eigenvalue weighted by Gasteiger charge is 2.27. The minimum Gasteiger partial charge on any atom is -0.372 e. The van der Waals surface area contributed by atoms with Gasteiger partial charge in [-0.1, -0.05) is 0 Å². The van der Waals surface area contributed by atoms with Crippen molar-refractivity contribution in [2.75, 3.05) is 31.8 Å². The van der Waals surface area contributed by atoms with Crippen LogP contribution in [-0.2, 0) is 14.6 Å². The zero-order chi connectivity index (χ0) is 13.5. The van der Waals surface area contributed by atoms with Crippen molar-refractivity contribution >= 4 is 9.84 Å². The molecular weight excluding hydrogens is 259 g/mol. The average Bonchev–Trinajstić information content (AvgIpc) is 2.06. The molecule has 8 heteroatoms. The third kappa shape index (κ3) is 13.6. The summed E-state index contributed by atoms with van der Waals surface area (Å²) in [7, 11) is -3.03. The second kappa shape index (κ2) is 7.17. The number of sulfone groups is 1. The van der Waals surface area contributed by atoms with Crippen LogP contribution in [0.3, 0.4) is 0 Å². The number of halogens is 3. The van der Waals surface area contributed by atoms with E-state index in [1.54, 1.807) is 6.92 Å². The molecule has 0 heterocycles. The van der Waals surface area contributed by atoms with Crippen LogP contribution in [0.15, 0.2) is 0 Å². The molecule has 0 aromatic heterocycles. The summed E-state index contributed by atoms with van der Waals surface area (Å²) in [4.78, 5) is 0. The third-order valence-electron chi connectivity index (χ3n) is 1.78. The Morgan fingerprint density at radius 2 is 1.94 bits per heavy atom. The van der Waals surface area contributed by atoms with E-state index in [1.807, 2.05) is 0 Å². The topological polar surface area (TPSA) is 55.4 Å². The molecule has 0 saturated heterocycles. The Kier molecular flexibility index (Phi) is 7.03. The molecule has 0 bridgehead atoms. The Balaban J connectivity index is 3.46. The van der Waals surface area contributed by atoms with Gasteiger partial charge in [-0.25, -0.2) is 8.42 Å². The molecule has 0 aliphatic heterocycles. The Morgan fingerprint density at radius 1 is 1.35 bits per heavy atom. The minimum absolute atomic E-state index is 0.00188. The molecule has 104 valence electrons. The zero-order valence-corrected chi connectivity index (χ0v) is 10.7. The first-order valence-electron chi connectivity index (χ1n) is 5.16. The van der Waals surface area contributed by atoms with E-state index in [2.05, 4.69) is 10.1 Å². The average molecular weight is 277 g/mol. The van der Waals surface area contributed by atoms with E-state index in [0.717, 1.165) is 6.26 Å². The first-order chi connectivity index (χ1) is 7.60.